The van der Waals surface area contributed by atoms with Gasteiger partial charge in [0, 0.05) is 6.92 Å². The van der Waals surface area contributed by atoms with E-state index in [1.54, 1.807) is 0 Å². The van der Waals surface area contributed by atoms with E-state index >= 15 is 0 Å². The molecule has 1 aromatic rings. The predicted octanol–water partition coefficient (Wildman–Crippen LogP) is -0.999. The van der Waals surface area contributed by atoms with E-state index in [0.717, 1.165) is 11.0 Å². The minimum absolute atomic E-state index is 0.500. The molecule has 0 spiro atoms. The van der Waals surface area contributed by atoms with E-state index in [0.29, 0.717) is 6.92 Å². The summed E-state index contributed by atoms with van der Waals surface area (Å²) in [5, 5.41) is 31.6. The molecule has 18 heavy (non-hydrogen) atoms. The van der Waals surface area contributed by atoms with Crippen molar-refractivity contribution in [2.24, 2.45) is 0 Å². The molecule has 102 valence electrons. The molecule has 1 aliphatic rings. The van der Waals surface area contributed by atoms with Crippen LogP contribution in [0.1, 0.15) is 19.0 Å². The third kappa shape index (κ3) is 2.21. The number of nitrogens with zero attached hydrogens (tertiary/aromatic N) is 3. The molecule has 0 bridgehead atoms. The smallest absolute Gasteiger partial charge is 0.305 e. The Kier molecular flexibility index (Phi) is 3.32. The fourth-order valence-electron chi connectivity index (χ4n) is 1.70. The van der Waals surface area contributed by atoms with Crippen molar-refractivity contribution in [2.75, 3.05) is 6.61 Å². The molecule has 9 heteroatoms. The molecule has 2 rings (SSSR count). The van der Waals surface area contributed by atoms with Crippen molar-refractivity contribution >= 4 is 0 Å². The Bertz CT molecular complexity index is 422. The second kappa shape index (κ2) is 4.50. The highest BCUT2D eigenvalue weighted by molar-refractivity contribution is 4.94. The van der Waals surface area contributed by atoms with Crippen LogP contribution in [0.4, 0.5) is 8.78 Å². The third-order valence-electron chi connectivity index (χ3n) is 2.68. The van der Waals surface area contributed by atoms with Crippen LogP contribution >= 0.6 is 0 Å². The molecule has 1 aliphatic heterocycles. The van der Waals surface area contributed by atoms with Crippen LogP contribution in [0.2, 0.25) is 0 Å². The summed E-state index contributed by atoms with van der Waals surface area (Å²) in [4.78, 5) is 3.41. The summed E-state index contributed by atoms with van der Waals surface area (Å²) in [7, 11) is 0. The maximum atomic E-state index is 12.9. The molecule has 0 amide bonds. The second-order valence-electron chi connectivity index (χ2n) is 4.17. The number of hydrogen-bond donors (Lipinski definition) is 3. The summed E-state index contributed by atoms with van der Waals surface area (Å²) in [5.41, 5.74) is 0. The first kappa shape index (κ1) is 13.3. The molecule has 0 aromatic carbocycles. The van der Waals surface area contributed by atoms with Crippen LogP contribution in [-0.2, 0) is 10.7 Å². The first-order valence-corrected chi connectivity index (χ1v) is 5.26. The van der Waals surface area contributed by atoms with Crippen molar-refractivity contribution < 1.29 is 28.8 Å². The second-order valence-corrected chi connectivity index (χ2v) is 4.17. The molecular formula is C9H13F2N3O4. The lowest BCUT2D eigenvalue weighted by Crippen LogP contribution is -2.33. The molecule has 1 fully saturated rings. The van der Waals surface area contributed by atoms with Crippen LogP contribution in [0.3, 0.4) is 0 Å². The van der Waals surface area contributed by atoms with E-state index in [1.165, 1.54) is 0 Å². The Morgan fingerprint density at radius 3 is 2.56 bits per heavy atom. The van der Waals surface area contributed by atoms with Crippen LogP contribution in [0.25, 0.3) is 0 Å². The van der Waals surface area contributed by atoms with Crippen LogP contribution in [0, 0.1) is 0 Å². The molecule has 0 saturated carbocycles. The lowest BCUT2D eigenvalue weighted by Gasteiger charge is -2.14. The van der Waals surface area contributed by atoms with Crippen molar-refractivity contribution in [1.29, 1.82) is 0 Å². The highest BCUT2D eigenvalue weighted by atomic mass is 19.3. The van der Waals surface area contributed by atoms with Crippen molar-refractivity contribution in [1.82, 2.24) is 14.8 Å². The van der Waals surface area contributed by atoms with Gasteiger partial charge in [0.25, 0.3) is 0 Å². The summed E-state index contributed by atoms with van der Waals surface area (Å²) in [6.45, 7) is 0.143. The Morgan fingerprint density at radius 2 is 2.11 bits per heavy atom. The van der Waals surface area contributed by atoms with Crippen LogP contribution < -0.4 is 0 Å². The van der Waals surface area contributed by atoms with Gasteiger partial charge in [0.2, 0.25) is 5.82 Å². The largest absolute Gasteiger partial charge is 0.394 e. The van der Waals surface area contributed by atoms with Crippen LogP contribution in [-0.4, -0.2) is 55.0 Å². The number of alkyl halides is 2. The summed E-state index contributed by atoms with van der Waals surface area (Å²) >= 11 is 0. The topological polar surface area (TPSA) is 101 Å². The summed E-state index contributed by atoms with van der Waals surface area (Å²) in [6.07, 6.45) is -3.84. The quantitative estimate of drug-likeness (QED) is 0.648. The van der Waals surface area contributed by atoms with Crippen LogP contribution in [0.15, 0.2) is 6.33 Å². The molecule has 1 saturated heterocycles. The van der Waals surface area contributed by atoms with E-state index in [4.69, 9.17) is 9.84 Å². The summed E-state index contributed by atoms with van der Waals surface area (Å²) < 4.78 is 31.9. The van der Waals surface area contributed by atoms with E-state index in [2.05, 4.69) is 10.1 Å². The number of rotatable bonds is 3. The zero-order chi connectivity index (χ0) is 13.5. The average Bonchev–Trinajstić information content (AvgIpc) is 2.86. The number of hydrogen-bond acceptors (Lipinski definition) is 6. The lowest BCUT2D eigenvalue weighted by molar-refractivity contribution is -0.0603. The van der Waals surface area contributed by atoms with Gasteiger partial charge in [-0.15, -0.1) is 5.10 Å². The molecule has 0 unspecified atom stereocenters. The Hall–Kier alpha value is -1.16. The number of aromatic nitrogens is 3. The summed E-state index contributed by atoms with van der Waals surface area (Å²) in [6, 6.07) is 0. The van der Waals surface area contributed by atoms with Gasteiger partial charge in [-0.1, -0.05) is 0 Å². The Labute approximate surface area is 101 Å². The highest BCUT2D eigenvalue weighted by Crippen LogP contribution is 2.30. The number of ether oxygens (including phenoxy) is 1. The minimum atomic E-state index is -3.20. The molecule has 4 atom stereocenters. The van der Waals surface area contributed by atoms with Gasteiger partial charge in [-0.2, -0.15) is 8.78 Å². The molecular weight excluding hydrogens is 252 g/mol. The van der Waals surface area contributed by atoms with Gasteiger partial charge < -0.3 is 20.1 Å². The zero-order valence-electron chi connectivity index (χ0n) is 9.44. The zero-order valence-corrected chi connectivity index (χ0v) is 9.44. The fraction of sp³-hybridized carbons (Fsp3) is 0.778. The average molecular weight is 265 g/mol. The van der Waals surface area contributed by atoms with Gasteiger partial charge in [-0.25, -0.2) is 9.67 Å². The number of aliphatic hydroxyl groups excluding tert-OH is 3. The van der Waals surface area contributed by atoms with Gasteiger partial charge in [0.15, 0.2) is 6.23 Å². The molecule has 7 nitrogen and oxygen atoms in total. The van der Waals surface area contributed by atoms with Gasteiger partial charge in [0.05, 0.1) is 6.61 Å². The summed E-state index contributed by atoms with van der Waals surface area (Å²) in [5.74, 6) is -3.91. The van der Waals surface area contributed by atoms with Crippen molar-refractivity contribution in [3.05, 3.63) is 12.2 Å². The first-order chi connectivity index (χ1) is 8.34. The molecule has 1 aromatic heterocycles. The van der Waals surface area contributed by atoms with Crippen LogP contribution in [0.5, 0.6) is 0 Å². The van der Waals surface area contributed by atoms with Gasteiger partial charge in [-0.05, 0) is 0 Å². The number of halogens is 2. The first-order valence-electron chi connectivity index (χ1n) is 5.26. The number of aliphatic hydroxyl groups is 3. The van der Waals surface area contributed by atoms with Crippen molar-refractivity contribution in [2.45, 2.75) is 37.4 Å². The Morgan fingerprint density at radius 1 is 1.44 bits per heavy atom. The van der Waals surface area contributed by atoms with E-state index in [-0.39, 0.29) is 0 Å². The van der Waals surface area contributed by atoms with Crippen molar-refractivity contribution in [3.8, 4) is 0 Å². The maximum absolute atomic E-state index is 12.9. The van der Waals surface area contributed by atoms with E-state index in [1.807, 2.05) is 0 Å². The van der Waals surface area contributed by atoms with E-state index in [9.17, 15) is 19.0 Å². The Balaban J connectivity index is 2.20. The fourth-order valence-corrected chi connectivity index (χ4v) is 1.70. The molecule has 0 aliphatic carbocycles. The predicted molar refractivity (Wildman–Crippen MR) is 52.6 cm³/mol. The highest BCUT2D eigenvalue weighted by Gasteiger charge is 2.44. The molecule has 0 radical (unpaired) electrons. The minimum Gasteiger partial charge on any atom is -0.394 e. The van der Waals surface area contributed by atoms with Gasteiger partial charge >= 0.3 is 5.92 Å². The maximum Gasteiger partial charge on any atom is 0.305 e. The molecule has 2 heterocycles. The van der Waals surface area contributed by atoms with Gasteiger partial charge in [0.1, 0.15) is 24.6 Å². The normalized spacial score (nSPS) is 33.0. The standard InChI is InChI=1S/C9H13F2N3O4/c1-9(10,11)8-12-3-14(13-8)7-6(17)5(16)4(2-15)18-7/h3-7,15-17H,2H2,1H3/t4-,5-,6-,7-/m1/s1. The van der Waals surface area contributed by atoms with E-state index < -0.39 is 42.9 Å². The van der Waals surface area contributed by atoms with Gasteiger partial charge in [-0.3, -0.25) is 0 Å². The third-order valence-corrected chi connectivity index (χ3v) is 2.68. The lowest BCUT2D eigenvalue weighted by atomic mass is 10.1. The van der Waals surface area contributed by atoms with Crippen molar-refractivity contribution in [3.63, 3.8) is 0 Å². The SMILES string of the molecule is CC(F)(F)c1ncn([C@@H]2O[C@H](CO)[C@@H](O)[C@H]2O)n1. The molecule has 3 N–H and O–H groups in total. The monoisotopic (exact) mass is 265 g/mol.